The van der Waals surface area contributed by atoms with Crippen LogP contribution in [0, 0.1) is 5.82 Å². The zero-order valence-corrected chi connectivity index (χ0v) is 17.7. The number of ether oxygens (including phenoxy) is 3. The van der Waals surface area contributed by atoms with Crippen molar-refractivity contribution in [3.63, 3.8) is 0 Å². The molecular weight excluding hydrogens is 401 g/mol. The number of hydrogen-bond donors (Lipinski definition) is 0. The van der Waals surface area contributed by atoms with Gasteiger partial charge in [-0.2, -0.15) is 0 Å². The van der Waals surface area contributed by atoms with E-state index in [4.69, 9.17) is 14.2 Å². The normalized spacial score (nSPS) is 18.7. The minimum absolute atomic E-state index is 0.0164. The fourth-order valence-electron chi connectivity index (χ4n) is 4.47. The van der Waals surface area contributed by atoms with E-state index in [0.717, 1.165) is 0 Å². The molecule has 0 spiro atoms. The second-order valence-electron chi connectivity index (χ2n) is 7.55. The third-order valence-electron chi connectivity index (χ3n) is 5.87. The van der Waals surface area contributed by atoms with Crippen LogP contribution in [0.25, 0.3) is 0 Å². The van der Waals surface area contributed by atoms with Crippen molar-refractivity contribution < 1.29 is 28.2 Å². The zero-order valence-electron chi connectivity index (χ0n) is 17.7. The largest absolute Gasteiger partial charge is 0.496 e. The summed E-state index contributed by atoms with van der Waals surface area (Å²) in [5.41, 5.74) is 2.56. The van der Waals surface area contributed by atoms with Gasteiger partial charge in [-0.25, -0.2) is 4.39 Å². The van der Waals surface area contributed by atoms with Crippen molar-refractivity contribution in [2.75, 3.05) is 26.2 Å². The number of ketones is 1. The van der Waals surface area contributed by atoms with Gasteiger partial charge in [0.1, 0.15) is 11.6 Å². The number of anilines is 1. The quantitative estimate of drug-likeness (QED) is 0.711. The smallest absolute Gasteiger partial charge is 0.232 e. The highest BCUT2D eigenvalue weighted by molar-refractivity contribution is 6.07. The summed E-state index contributed by atoms with van der Waals surface area (Å²) < 4.78 is 29.8. The number of carbonyl (C=O) groups excluding carboxylic acids is 2. The highest BCUT2D eigenvalue weighted by Crippen LogP contribution is 2.48. The number of benzene rings is 2. The molecule has 2 aromatic rings. The van der Waals surface area contributed by atoms with Crippen molar-refractivity contribution in [1.29, 1.82) is 0 Å². The van der Waals surface area contributed by atoms with E-state index in [0.29, 0.717) is 59.0 Å². The van der Waals surface area contributed by atoms with Crippen LogP contribution in [0.5, 0.6) is 17.2 Å². The molecule has 0 aromatic heterocycles. The SMILES string of the molecule is COc1cc(OC)c([C@H]2CC(=O)N(c3ccc(F)cc3)C3=C2C(=O)CCC3)cc1OC. The highest BCUT2D eigenvalue weighted by atomic mass is 19.1. The van der Waals surface area contributed by atoms with E-state index in [-0.39, 0.29) is 23.9 Å². The van der Waals surface area contributed by atoms with Crippen LogP contribution >= 0.6 is 0 Å². The number of amides is 1. The van der Waals surface area contributed by atoms with E-state index in [1.807, 2.05) is 0 Å². The predicted octanol–water partition coefficient (Wildman–Crippen LogP) is 4.38. The lowest BCUT2D eigenvalue weighted by atomic mass is 9.76. The summed E-state index contributed by atoms with van der Waals surface area (Å²) >= 11 is 0. The van der Waals surface area contributed by atoms with Gasteiger partial charge < -0.3 is 14.2 Å². The van der Waals surface area contributed by atoms with Gasteiger partial charge in [0.05, 0.1) is 21.3 Å². The number of methoxy groups -OCH3 is 3. The summed E-state index contributed by atoms with van der Waals surface area (Å²) in [7, 11) is 4.61. The fourth-order valence-corrected chi connectivity index (χ4v) is 4.47. The molecule has 1 aliphatic heterocycles. The lowest BCUT2D eigenvalue weighted by Gasteiger charge is -2.38. The molecule has 0 N–H and O–H groups in total. The van der Waals surface area contributed by atoms with Crippen molar-refractivity contribution in [3.05, 3.63) is 59.0 Å². The van der Waals surface area contributed by atoms with Gasteiger partial charge in [0.2, 0.25) is 5.91 Å². The van der Waals surface area contributed by atoms with Gasteiger partial charge in [-0.1, -0.05) is 0 Å². The van der Waals surface area contributed by atoms with Gasteiger partial charge >= 0.3 is 0 Å². The minimum Gasteiger partial charge on any atom is -0.496 e. The molecular formula is C24H24FNO5. The molecule has 0 radical (unpaired) electrons. The Bertz CT molecular complexity index is 1060. The van der Waals surface area contributed by atoms with Crippen molar-refractivity contribution in [3.8, 4) is 17.2 Å². The van der Waals surface area contributed by atoms with E-state index in [1.54, 1.807) is 29.2 Å². The van der Waals surface area contributed by atoms with Crippen LogP contribution in [0.2, 0.25) is 0 Å². The Labute approximate surface area is 180 Å². The first kappa shape index (κ1) is 20.9. The Morgan fingerprint density at radius 3 is 2.19 bits per heavy atom. The van der Waals surface area contributed by atoms with Crippen LogP contribution in [0.4, 0.5) is 10.1 Å². The highest BCUT2D eigenvalue weighted by Gasteiger charge is 2.41. The van der Waals surface area contributed by atoms with Gasteiger partial charge in [0, 0.05) is 47.3 Å². The van der Waals surface area contributed by atoms with Crippen molar-refractivity contribution in [2.45, 2.75) is 31.6 Å². The molecule has 0 fully saturated rings. The molecule has 1 amide bonds. The molecule has 2 aromatic carbocycles. The van der Waals surface area contributed by atoms with Crippen LogP contribution in [0.1, 0.15) is 37.2 Å². The predicted molar refractivity (Wildman–Crippen MR) is 113 cm³/mol. The van der Waals surface area contributed by atoms with Gasteiger partial charge in [0.25, 0.3) is 0 Å². The first-order valence-corrected chi connectivity index (χ1v) is 10.1. The van der Waals surface area contributed by atoms with Gasteiger partial charge in [-0.15, -0.1) is 0 Å². The molecule has 4 rings (SSSR count). The molecule has 2 aliphatic rings. The Hall–Kier alpha value is -3.35. The second-order valence-corrected chi connectivity index (χ2v) is 7.55. The number of hydrogen-bond acceptors (Lipinski definition) is 5. The summed E-state index contributed by atoms with van der Waals surface area (Å²) in [6.07, 6.45) is 1.78. The molecule has 1 heterocycles. The zero-order chi connectivity index (χ0) is 22.1. The number of nitrogens with zero attached hydrogens (tertiary/aromatic N) is 1. The molecule has 7 heteroatoms. The topological polar surface area (TPSA) is 65.1 Å². The number of carbonyl (C=O) groups is 2. The number of halogens is 1. The Kier molecular flexibility index (Phi) is 5.67. The van der Waals surface area contributed by atoms with E-state index in [9.17, 15) is 14.0 Å². The summed E-state index contributed by atoms with van der Waals surface area (Å²) in [5, 5.41) is 0. The van der Waals surface area contributed by atoms with Crippen LogP contribution in [0.3, 0.4) is 0 Å². The average molecular weight is 425 g/mol. The average Bonchev–Trinajstić information content (AvgIpc) is 2.78. The van der Waals surface area contributed by atoms with Crippen LogP contribution in [0.15, 0.2) is 47.7 Å². The van der Waals surface area contributed by atoms with Crippen LogP contribution in [-0.4, -0.2) is 33.0 Å². The molecule has 0 saturated carbocycles. The van der Waals surface area contributed by atoms with E-state index >= 15 is 0 Å². The molecule has 162 valence electrons. The number of rotatable bonds is 5. The molecule has 0 unspecified atom stereocenters. The maximum atomic E-state index is 13.4. The first-order valence-electron chi connectivity index (χ1n) is 10.1. The van der Waals surface area contributed by atoms with Crippen molar-refractivity contribution >= 4 is 17.4 Å². The second kappa shape index (κ2) is 8.41. The molecule has 1 aliphatic carbocycles. The van der Waals surface area contributed by atoms with E-state index < -0.39 is 5.92 Å². The summed E-state index contributed by atoms with van der Waals surface area (Å²) in [6.45, 7) is 0. The molecule has 1 atom stereocenters. The summed E-state index contributed by atoms with van der Waals surface area (Å²) in [4.78, 5) is 27.9. The maximum Gasteiger partial charge on any atom is 0.232 e. The van der Waals surface area contributed by atoms with Gasteiger partial charge in [0.15, 0.2) is 17.3 Å². The third kappa shape index (κ3) is 3.65. The van der Waals surface area contributed by atoms with E-state index in [2.05, 4.69) is 0 Å². The summed E-state index contributed by atoms with van der Waals surface area (Å²) in [5.74, 6) is 0.553. The lowest BCUT2D eigenvalue weighted by Crippen LogP contribution is -2.40. The number of allylic oxidation sites excluding steroid dienone is 2. The van der Waals surface area contributed by atoms with Crippen molar-refractivity contribution in [2.24, 2.45) is 0 Å². The summed E-state index contributed by atoms with van der Waals surface area (Å²) in [6, 6.07) is 9.24. The Balaban J connectivity index is 1.89. The Morgan fingerprint density at radius 1 is 0.903 bits per heavy atom. The van der Waals surface area contributed by atoms with Crippen molar-refractivity contribution in [1.82, 2.24) is 0 Å². The van der Waals surface area contributed by atoms with Crippen LogP contribution in [-0.2, 0) is 9.59 Å². The standard InChI is InChI=1S/C24H24FNO5/c1-29-20-13-22(31-3)21(30-2)11-16(20)17-12-23(28)26(15-9-7-14(25)8-10-15)18-5-4-6-19(27)24(17)18/h7-11,13,17H,4-6,12H2,1-3H3/t17-/m1/s1. The molecule has 6 nitrogen and oxygen atoms in total. The van der Waals surface area contributed by atoms with Gasteiger partial charge in [-0.3, -0.25) is 14.5 Å². The monoisotopic (exact) mass is 425 g/mol. The maximum absolute atomic E-state index is 13.4. The van der Waals surface area contributed by atoms with E-state index in [1.165, 1.54) is 33.5 Å². The lowest BCUT2D eigenvalue weighted by molar-refractivity contribution is -0.119. The Morgan fingerprint density at radius 2 is 1.55 bits per heavy atom. The minimum atomic E-state index is -0.457. The van der Waals surface area contributed by atoms with Crippen LogP contribution < -0.4 is 19.1 Å². The molecule has 0 bridgehead atoms. The van der Waals surface area contributed by atoms with Gasteiger partial charge in [-0.05, 0) is 43.2 Å². The fraction of sp³-hybridized carbons (Fsp3) is 0.333. The third-order valence-corrected chi connectivity index (χ3v) is 5.87. The molecule has 0 saturated heterocycles. The number of Topliss-reactive ketones (excluding diaryl/α,β-unsaturated/α-hetero) is 1. The molecule has 31 heavy (non-hydrogen) atoms. The first-order chi connectivity index (χ1) is 15.0.